The molecule has 0 heterocycles. The maximum atomic E-state index is 10.5. The summed E-state index contributed by atoms with van der Waals surface area (Å²) in [7, 11) is 0. The second-order valence-electron chi connectivity index (χ2n) is 3.57. The van der Waals surface area contributed by atoms with Gasteiger partial charge in [0.2, 0.25) is 5.91 Å². The van der Waals surface area contributed by atoms with Crippen molar-refractivity contribution in [2.24, 2.45) is 5.73 Å². The Kier molecular flexibility index (Phi) is 5.90. The highest BCUT2D eigenvalue weighted by molar-refractivity contribution is 6.31. The SMILES string of the molecule is NC(=O)CCCCOCc1ccccc1Cl. The molecule has 0 radical (unpaired) electrons. The number of nitrogens with two attached hydrogens (primary N) is 1. The molecule has 0 aromatic heterocycles. The molecule has 0 aliphatic heterocycles. The van der Waals surface area contributed by atoms with Gasteiger partial charge in [-0.3, -0.25) is 4.79 Å². The zero-order valence-electron chi connectivity index (χ0n) is 9.12. The lowest BCUT2D eigenvalue weighted by Crippen LogP contribution is -2.10. The average molecular weight is 242 g/mol. The molecule has 0 spiro atoms. The molecule has 2 N–H and O–H groups in total. The zero-order valence-corrected chi connectivity index (χ0v) is 9.87. The Bertz CT molecular complexity index is 342. The Hall–Kier alpha value is -1.06. The molecule has 0 saturated carbocycles. The Morgan fingerprint density at radius 1 is 1.31 bits per heavy atom. The van der Waals surface area contributed by atoms with Gasteiger partial charge in [0.1, 0.15) is 0 Å². The van der Waals surface area contributed by atoms with E-state index in [9.17, 15) is 4.79 Å². The monoisotopic (exact) mass is 241 g/mol. The van der Waals surface area contributed by atoms with Gasteiger partial charge in [-0.25, -0.2) is 0 Å². The van der Waals surface area contributed by atoms with Crippen molar-refractivity contribution < 1.29 is 9.53 Å². The van der Waals surface area contributed by atoms with Crippen LogP contribution >= 0.6 is 11.6 Å². The van der Waals surface area contributed by atoms with E-state index in [0.29, 0.717) is 19.6 Å². The highest BCUT2D eigenvalue weighted by Gasteiger charge is 1.99. The molecule has 4 heteroatoms. The van der Waals surface area contributed by atoms with Gasteiger partial charge in [-0.2, -0.15) is 0 Å². The standard InChI is InChI=1S/C12H16ClNO2/c13-11-6-2-1-5-10(11)9-16-8-4-3-7-12(14)15/h1-2,5-6H,3-4,7-9H2,(H2,14,15). The van der Waals surface area contributed by atoms with Crippen LogP contribution in [-0.4, -0.2) is 12.5 Å². The first kappa shape index (κ1) is 13.0. The molecule has 0 saturated heterocycles. The van der Waals surface area contributed by atoms with Gasteiger partial charge in [0, 0.05) is 18.1 Å². The molecular weight excluding hydrogens is 226 g/mol. The lowest BCUT2D eigenvalue weighted by Gasteiger charge is -2.05. The van der Waals surface area contributed by atoms with Crippen LogP contribution < -0.4 is 5.73 Å². The molecule has 1 rings (SSSR count). The molecule has 0 unspecified atom stereocenters. The van der Waals surface area contributed by atoms with Crippen molar-refractivity contribution in [3.63, 3.8) is 0 Å². The minimum absolute atomic E-state index is 0.258. The summed E-state index contributed by atoms with van der Waals surface area (Å²) in [5.41, 5.74) is 6.01. The van der Waals surface area contributed by atoms with E-state index in [1.165, 1.54) is 0 Å². The van der Waals surface area contributed by atoms with Crippen molar-refractivity contribution in [3.05, 3.63) is 34.9 Å². The number of hydrogen-bond acceptors (Lipinski definition) is 2. The summed E-state index contributed by atoms with van der Waals surface area (Å²) in [6.45, 7) is 1.13. The van der Waals surface area contributed by atoms with Gasteiger partial charge >= 0.3 is 0 Å². The number of hydrogen-bond donors (Lipinski definition) is 1. The summed E-state index contributed by atoms with van der Waals surface area (Å²) >= 11 is 5.96. The molecule has 88 valence electrons. The average Bonchev–Trinajstić information content (AvgIpc) is 2.25. The number of unbranched alkanes of at least 4 members (excludes halogenated alkanes) is 1. The van der Waals surface area contributed by atoms with Gasteiger partial charge < -0.3 is 10.5 Å². The summed E-state index contributed by atoms with van der Waals surface area (Å²) < 4.78 is 5.45. The first-order valence-electron chi connectivity index (χ1n) is 5.29. The molecule has 16 heavy (non-hydrogen) atoms. The van der Waals surface area contributed by atoms with E-state index in [1.807, 2.05) is 24.3 Å². The van der Waals surface area contributed by atoms with E-state index < -0.39 is 0 Å². The normalized spacial score (nSPS) is 10.3. The van der Waals surface area contributed by atoms with Crippen molar-refractivity contribution in [1.29, 1.82) is 0 Å². The van der Waals surface area contributed by atoms with E-state index in [2.05, 4.69) is 0 Å². The molecule has 0 aliphatic rings. The van der Waals surface area contributed by atoms with Crippen LogP contribution in [0.3, 0.4) is 0 Å². The third-order valence-corrected chi connectivity index (χ3v) is 2.55. The minimum atomic E-state index is -0.258. The van der Waals surface area contributed by atoms with E-state index in [0.717, 1.165) is 23.4 Å². The van der Waals surface area contributed by atoms with Crippen LogP contribution in [0.25, 0.3) is 0 Å². The highest BCUT2D eigenvalue weighted by atomic mass is 35.5. The largest absolute Gasteiger partial charge is 0.377 e. The zero-order chi connectivity index (χ0) is 11.8. The van der Waals surface area contributed by atoms with Crippen molar-refractivity contribution >= 4 is 17.5 Å². The Balaban J connectivity index is 2.12. The summed E-state index contributed by atoms with van der Waals surface area (Å²) in [6, 6.07) is 7.59. The van der Waals surface area contributed by atoms with Gasteiger partial charge in [0.05, 0.1) is 6.61 Å². The second-order valence-corrected chi connectivity index (χ2v) is 3.97. The lowest BCUT2D eigenvalue weighted by molar-refractivity contribution is -0.118. The third-order valence-electron chi connectivity index (χ3n) is 2.18. The number of ether oxygens (including phenoxy) is 1. The fourth-order valence-electron chi connectivity index (χ4n) is 1.30. The molecule has 0 aliphatic carbocycles. The van der Waals surface area contributed by atoms with Crippen LogP contribution in [0.5, 0.6) is 0 Å². The molecular formula is C12H16ClNO2. The van der Waals surface area contributed by atoms with Crippen molar-refractivity contribution in [2.45, 2.75) is 25.9 Å². The summed E-state index contributed by atoms with van der Waals surface area (Å²) in [6.07, 6.45) is 2.04. The first-order valence-corrected chi connectivity index (χ1v) is 5.67. The molecule has 3 nitrogen and oxygen atoms in total. The number of benzene rings is 1. The van der Waals surface area contributed by atoms with Crippen LogP contribution in [0.15, 0.2) is 24.3 Å². The maximum absolute atomic E-state index is 10.5. The van der Waals surface area contributed by atoms with E-state index >= 15 is 0 Å². The Morgan fingerprint density at radius 3 is 2.75 bits per heavy atom. The Morgan fingerprint density at radius 2 is 2.06 bits per heavy atom. The van der Waals surface area contributed by atoms with Crippen LogP contribution in [0.4, 0.5) is 0 Å². The quantitative estimate of drug-likeness (QED) is 0.746. The van der Waals surface area contributed by atoms with E-state index in [1.54, 1.807) is 0 Å². The number of primary amides is 1. The first-order chi connectivity index (χ1) is 7.70. The van der Waals surface area contributed by atoms with Crippen LogP contribution in [0, 0.1) is 0 Å². The maximum Gasteiger partial charge on any atom is 0.217 e. The highest BCUT2D eigenvalue weighted by Crippen LogP contribution is 2.15. The van der Waals surface area contributed by atoms with Crippen molar-refractivity contribution in [2.75, 3.05) is 6.61 Å². The number of rotatable bonds is 7. The van der Waals surface area contributed by atoms with Crippen molar-refractivity contribution in [3.8, 4) is 0 Å². The number of halogens is 1. The minimum Gasteiger partial charge on any atom is -0.377 e. The van der Waals surface area contributed by atoms with Crippen LogP contribution in [-0.2, 0) is 16.1 Å². The van der Waals surface area contributed by atoms with Crippen molar-refractivity contribution in [1.82, 2.24) is 0 Å². The molecule has 0 atom stereocenters. The van der Waals surface area contributed by atoms with Gasteiger partial charge in [-0.15, -0.1) is 0 Å². The fourth-order valence-corrected chi connectivity index (χ4v) is 1.49. The van der Waals surface area contributed by atoms with Gasteiger partial charge in [0.25, 0.3) is 0 Å². The Labute approximate surface area is 101 Å². The molecule has 1 aromatic rings. The number of carbonyl (C=O) groups is 1. The summed E-state index contributed by atoms with van der Waals surface area (Å²) in [5.74, 6) is -0.258. The van der Waals surface area contributed by atoms with Gasteiger partial charge in [0.15, 0.2) is 0 Å². The molecule has 1 amide bonds. The fraction of sp³-hybridized carbons (Fsp3) is 0.417. The number of amides is 1. The number of carbonyl (C=O) groups excluding carboxylic acids is 1. The van der Waals surface area contributed by atoms with Crippen LogP contribution in [0.2, 0.25) is 5.02 Å². The van der Waals surface area contributed by atoms with Gasteiger partial charge in [-0.1, -0.05) is 29.8 Å². The van der Waals surface area contributed by atoms with E-state index in [-0.39, 0.29) is 5.91 Å². The molecule has 0 bridgehead atoms. The van der Waals surface area contributed by atoms with Crippen LogP contribution in [0.1, 0.15) is 24.8 Å². The summed E-state index contributed by atoms with van der Waals surface area (Å²) in [4.78, 5) is 10.5. The lowest BCUT2D eigenvalue weighted by atomic mass is 10.2. The second kappa shape index (κ2) is 7.25. The van der Waals surface area contributed by atoms with Gasteiger partial charge in [-0.05, 0) is 24.5 Å². The topological polar surface area (TPSA) is 52.3 Å². The summed E-state index contributed by atoms with van der Waals surface area (Å²) in [5, 5.41) is 0.722. The molecule has 0 fully saturated rings. The smallest absolute Gasteiger partial charge is 0.217 e. The third kappa shape index (κ3) is 5.14. The molecule has 1 aromatic carbocycles. The van der Waals surface area contributed by atoms with E-state index in [4.69, 9.17) is 22.1 Å². The predicted octanol–water partition coefficient (Wildman–Crippen LogP) is 2.51. The predicted molar refractivity (Wildman–Crippen MR) is 64.2 cm³/mol.